The summed E-state index contributed by atoms with van der Waals surface area (Å²) in [4.78, 5) is 24.3. The number of carbonyl (C=O) groups excluding carboxylic acids is 2. The van der Waals surface area contributed by atoms with Crippen molar-refractivity contribution in [1.29, 1.82) is 0 Å². The fraction of sp³-hybridized carbons (Fsp3) is 0.733. The molecule has 0 radical (unpaired) electrons. The number of hydrogen-bond donors (Lipinski definition) is 0. The molecule has 0 saturated carbocycles. The second-order valence-corrected chi connectivity index (χ2v) is 7.27. The maximum absolute atomic E-state index is 13.7. The quantitative estimate of drug-likeness (QED) is 0.103. The minimum atomic E-state index is -6.79. The van der Waals surface area contributed by atoms with Gasteiger partial charge in [-0.3, -0.25) is 4.79 Å². The highest BCUT2D eigenvalue weighted by Gasteiger charge is 2.67. The molecule has 0 N–H and O–H groups in total. The molecule has 0 spiro atoms. The van der Waals surface area contributed by atoms with Gasteiger partial charge in [0.1, 0.15) is 0 Å². The van der Waals surface area contributed by atoms with Crippen molar-refractivity contribution in [1.82, 2.24) is 4.90 Å². The van der Waals surface area contributed by atoms with Gasteiger partial charge in [-0.05, 0) is 20.3 Å². The predicted octanol–water partition coefficient (Wildman–Crippen LogP) is 2.41. The minimum absolute atomic E-state index is 0.257. The molecule has 182 valence electrons. The average molecular weight is 490 g/mol. The van der Waals surface area contributed by atoms with E-state index >= 15 is 0 Å². The Kier molecular flexibility index (Phi) is 9.49. The predicted molar refractivity (Wildman–Crippen MR) is 87.8 cm³/mol. The normalized spacial score (nSPS) is 15.2. The molecule has 0 aromatic heterocycles. The lowest BCUT2D eigenvalue weighted by Crippen LogP contribution is -2.62. The Morgan fingerprint density at radius 1 is 1.06 bits per heavy atom. The Labute approximate surface area is 172 Å². The summed E-state index contributed by atoms with van der Waals surface area (Å²) >= 11 is 0. The first kappa shape index (κ1) is 29.1. The molecule has 0 aliphatic heterocycles. The minimum Gasteiger partial charge on any atom is -0.743 e. The summed E-state index contributed by atoms with van der Waals surface area (Å²) in [6.45, 7) is 3.26. The van der Waals surface area contributed by atoms with Crippen LogP contribution in [0.1, 0.15) is 26.7 Å². The SMILES string of the molecule is C=CC(=O)OC(OCCCC(F)(F)C(F)(F)S(=O)(=O)[O-])(C(=O)N(CC)CC)C(F)(F)F. The molecular weight excluding hydrogens is 471 g/mol. The molecule has 0 saturated heterocycles. The van der Waals surface area contributed by atoms with Crippen LogP contribution in [0.5, 0.6) is 0 Å². The summed E-state index contributed by atoms with van der Waals surface area (Å²) in [6, 6.07) is 0. The van der Waals surface area contributed by atoms with Gasteiger partial charge in [-0.15, -0.1) is 0 Å². The van der Waals surface area contributed by atoms with Gasteiger partial charge < -0.3 is 18.9 Å². The van der Waals surface area contributed by atoms with E-state index in [1.54, 1.807) is 0 Å². The van der Waals surface area contributed by atoms with E-state index in [4.69, 9.17) is 0 Å². The van der Waals surface area contributed by atoms with Crippen LogP contribution in [0, 0.1) is 0 Å². The van der Waals surface area contributed by atoms with E-state index in [2.05, 4.69) is 16.1 Å². The van der Waals surface area contributed by atoms with E-state index in [-0.39, 0.29) is 19.2 Å². The number of alkyl halides is 7. The van der Waals surface area contributed by atoms with Crippen LogP contribution in [0.25, 0.3) is 0 Å². The third kappa shape index (κ3) is 6.29. The first-order valence-electron chi connectivity index (χ1n) is 8.41. The number of nitrogens with zero attached hydrogens (tertiary/aromatic N) is 1. The maximum atomic E-state index is 13.7. The number of halogens is 7. The van der Waals surface area contributed by atoms with E-state index in [1.165, 1.54) is 13.8 Å². The number of amides is 1. The van der Waals surface area contributed by atoms with Crippen LogP contribution >= 0.6 is 0 Å². The Bertz CT molecular complexity index is 766. The van der Waals surface area contributed by atoms with Crippen LogP contribution < -0.4 is 0 Å². The van der Waals surface area contributed by atoms with Crippen LogP contribution in [-0.4, -0.2) is 72.6 Å². The van der Waals surface area contributed by atoms with Gasteiger partial charge >= 0.3 is 35.0 Å². The van der Waals surface area contributed by atoms with Crippen molar-refractivity contribution in [2.75, 3.05) is 19.7 Å². The topological polar surface area (TPSA) is 113 Å². The zero-order valence-corrected chi connectivity index (χ0v) is 17.0. The number of ether oxygens (including phenoxy) is 2. The molecule has 1 atom stereocenters. The number of hydrogen-bond acceptors (Lipinski definition) is 7. The summed E-state index contributed by atoms with van der Waals surface area (Å²) < 4.78 is 133. The number of esters is 1. The van der Waals surface area contributed by atoms with Crippen molar-refractivity contribution in [3.05, 3.63) is 12.7 Å². The summed E-state index contributed by atoms with van der Waals surface area (Å²) in [5.74, 6) is -13.5. The highest BCUT2D eigenvalue weighted by Crippen LogP contribution is 2.42. The molecule has 0 aliphatic rings. The van der Waals surface area contributed by atoms with Crippen molar-refractivity contribution in [3.63, 3.8) is 0 Å². The Balaban J connectivity index is 5.83. The molecule has 0 aromatic carbocycles. The van der Waals surface area contributed by atoms with Gasteiger partial charge in [0, 0.05) is 25.6 Å². The molecule has 0 aromatic rings. The molecule has 0 bridgehead atoms. The second-order valence-electron chi connectivity index (χ2n) is 5.84. The highest BCUT2D eigenvalue weighted by molar-refractivity contribution is 7.86. The lowest BCUT2D eigenvalue weighted by Gasteiger charge is -2.36. The Morgan fingerprint density at radius 3 is 1.90 bits per heavy atom. The molecule has 16 heteroatoms. The fourth-order valence-corrected chi connectivity index (χ4v) is 2.60. The number of likely N-dealkylation sites (N-methyl/N-ethyl adjacent to an activating group) is 1. The molecule has 1 amide bonds. The van der Waals surface area contributed by atoms with Crippen LogP contribution in [0.3, 0.4) is 0 Å². The van der Waals surface area contributed by atoms with Gasteiger partial charge in [-0.25, -0.2) is 13.2 Å². The van der Waals surface area contributed by atoms with E-state index in [9.17, 15) is 53.3 Å². The lowest BCUT2D eigenvalue weighted by atomic mass is 10.1. The molecule has 1 unspecified atom stereocenters. The molecule has 8 nitrogen and oxygen atoms in total. The Morgan fingerprint density at radius 2 is 1.55 bits per heavy atom. The van der Waals surface area contributed by atoms with Crippen molar-refractivity contribution < 1.29 is 62.8 Å². The molecular formula is C15H19F7NO7S-. The smallest absolute Gasteiger partial charge is 0.466 e. The summed E-state index contributed by atoms with van der Waals surface area (Å²) in [5.41, 5.74) is 0. The highest BCUT2D eigenvalue weighted by atomic mass is 32.2. The molecule has 0 rings (SSSR count). The maximum Gasteiger partial charge on any atom is 0.466 e. The van der Waals surface area contributed by atoms with E-state index in [0.29, 0.717) is 4.90 Å². The second kappa shape index (κ2) is 10.1. The van der Waals surface area contributed by atoms with E-state index in [1.807, 2.05) is 0 Å². The van der Waals surface area contributed by atoms with Crippen LogP contribution in [0.4, 0.5) is 30.7 Å². The summed E-state index contributed by atoms with van der Waals surface area (Å²) in [7, 11) is -6.79. The number of carbonyl (C=O) groups is 2. The van der Waals surface area contributed by atoms with Gasteiger partial charge in [0.15, 0.2) is 10.1 Å². The van der Waals surface area contributed by atoms with Gasteiger partial charge in [0.05, 0.1) is 6.61 Å². The number of rotatable bonds is 12. The molecule has 0 heterocycles. The van der Waals surface area contributed by atoms with Crippen molar-refractivity contribution in [2.45, 2.75) is 49.8 Å². The Hall–Kier alpha value is -1.94. The van der Waals surface area contributed by atoms with Crippen LogP contribution in [0.2, 0.25) is 0 Å². The summed E-state index contributed by atoms with van der Waals surface area (Å²) in [5, 5.41) is -6.05. The zero-order chi connectivity index (χ0) is 24.9. The summed E-state index contributed by atoms with van der Waals surface area (Å²) in [6.07, 6.45) is -8.97. The zero-order valence-electron chi connectivity index (χ0n) is 16.2. The third-order valence-corrected chi connectivity index (χ3v) is 4.72. The standard InChI is InChI=1S/C15H20F7NO7S/c1-4-10(24)30-13(14(18,19)20,11(25)23(5-2)6-3)29-9-7-8-12(16,17)15(21,22)31(26,27)28/h4H,1,5-9H2,2-3H3,(H,26,27,28)/p-1. The van der Waals surface area contributed by atoms with Gasteiger partial charge in [0.2, 0.25) is 0 Å². The lowest BCUT2D eigenvalue weighted by molar-refractivity contribution is -0.350. The molecule has 31 heavy (non-hydrogen) atoms. The van der Waals surface area contributed by atoms with Crippen LogP contribution in [0.15, 0.2) is 12.7 Å². The third-order valence-electron chi connectivity index (χ3n) is 3.80. The largest absolute Gasteiger partial charge is 0.743 e. The van der Waals surface area contributed by atoms with Crippen molar-refractivity contribution in [3.8, 4) is 0 Å². The molecule has 0 aliphatic carbocycles. The average Bonchev–Trinajstić information content (AvgIpc) is 2.62. The first-order valence-corrected chi connectivity index (χ1v) is 9.82. The van der Waals surface area contributed by atoms with Crippen LogP contribution in [-0.2, 0) is 29.2 Å². The van der Waals surface area contributed by atoms with Gasteiger partial charge in [0.25, 0.3) is 0 Å². The monoisotopic (exact) mass is 490 g/mol. The van der Waals surface area contributed by atoms with Gasteiger partial charge in [-0.1, -0.05) is 6.58 Å². The van der Waals surface area contributed by atoms with Gasteiger partial charge in [-0.2, -0.15) is 30.7 Å². The van der Waals surface area contributed by atoms with E-state index < -0.39 is 64.6 Å². The van der Waals surface area contributed by atoms with Crippen molar-refractivity contribution >= 4 is 22.0 Å². The fourth-order valence-electron chi connectivity index (χ4n) is 2.14. The molecule has 0 fully saturated rings. The van der Waals surface area contributed by atoms with E-state index in [0.717, 1.165) is 0 Å². The van der Waals surface area contributed by atoms with Crippen molar-refractivity contribution in [2.24, 2.45) is 0 Å². The first-order chi connectivity index (χ1) is 13.8.